The fourth-order valence-corrected chi connectivity index (χ4v) is 2.31. The van der Waals surface area contributed by atoms with Crippen molar-refractivity contribution in [3.63, 3.8) is 0 Å². The lowest BCUT2D eigenvalue weighted by Crippen LogP contribution is -2.17. The van der Waals surface area contributed by atoms with E-state index in [9.17, 15) is 29.6 Å². The smallest absolute Gasteiger partial charge is 0.370 e. The van der Waals surface area contributed by atoms with Gasteiger partial charge in [0, 0.05) is 12.1 Å². The van der Waals surface area contributed by atoms with Crippen molar-refractivity contribution in [2.45, 2.75) is 0 Å². The van der Waals surface area contributed by atoms with Crippen molar-refractivity contribution >= 4 is 30.2 Å². The molecule has 0 spiro atoms. The van der Waals surface area contributed by atoms with Crippen LogP contribution in [0.5, 0.6) is 0 Å². The number of esters is 1. The maximum Gasteiger partial charge on any atom is 0.370 e. The third-order valence-corrected chi connectivity index (χ3v) is 3.22. The van der Waals surface area contributed by atoms with E-state index in [2.05, 4.69) is 4.74 Å². The summed E-state index contributed by atoms with van der Waals surface area (Å²) in [6.45, 7) is 0. The van der Waals surface area contributed by atoms with Crippen molar-refractivity contribution in [1.82, 2.24) is 0 Å². The highest BCUT2D eigenvalue weighted by Gasteiger charge is 2.39. The Morgan fingerprint density at radius 2 is 1.60 bits per heavy atom. The van der Waals surface area contributed by atoms with Crippen molar-refractivity contribution in [2.75, 3.05) is 7.11 Å². The molecule has 0 amide bonds. The number of methoxy groups -OCH3 is 1. The van der Waals surface area contributed by atoms with Crippen molar-refractivity contribution in [2.24, 2.45) is 0 Å². The molecule has 1 rings (SSSR count). The number of hydrogen-bond acceptors (Lipinski definition) is 7. The van der Waals surface area contributed by atoms with Crippen molar-refractivity contribution in [3.8, 4) is 0 Å². The number of rotatable bonds is 4. The summed E-state index contributed by atoms with van der Waals surface area (Å²) < 4.78 is 15.5. The molecule has 1 aromatic carbocycles. The maximum atomic E-state index is 11.3. The van der Waals surface area contributed by atoms with Gasteiger partial charge in [-0.3, -0.25) is 24.8 Å². The molecule has 20 heavy (non-hydrogen) atoms. The Hall–Kier alpha value is -2.36. The van der Waals surface area contributed by atoms with Crippen LogP contribution in [-0.2, 0) is 9.30 Å². The molecule has 0 heterocycles. The number of nitro groups is 2. The molecule has 0 fully saturated rings. The van der Waals surface area contributed by atoms with E-state index in [0.29, 0.717) is 12.1 Å². The van der Waals surface area contributed by atoms with E-state index >= 15 is 0 Å². The van der Waals surface area contributed by atoms with Gasteiger partial charge in [0.15, 0.2) is 0 Å². The minimum atomic E-state index is -5.30. The number of carbonyl (C=O) groups excluding carboxylic acids is 1. The largest absolute Gasteiger partial charge is 0.465 e. The molecule has 0 radical (unpaired) electrons. The summed E-state index contributed by atoms with van der Waals surface area (Å²) in [5.74, 6) is -1.12. The van der Waals surface area contributed by atoms with E-state index in [1.807, 2.05) is 0 Å². The first-order valence-electron chi connectivity index (χ1n) is 4.70. The van der Waals surface area contributed by atoms with Crippen LogP contribution in [0.2, 0.25) is 0 Å². The number of carbonyl (C=O) groups is 1. The molecular formula is C8H7N2O9P. The quantitative estimate of drug-likeness (QED) is 0.338. The van der Waals surface area contributed by atoms with E-state index in [0.717, 1.165) is 7.11 Å². The van der Waals surface area contributed by atoms with E-state index < -0.39 is 45.7 Å². The number of benzene rings is 1. The van der Waals surface area contributed by atoms with Crippen LogP contribution < -0.4 is 5.30 Å². The molecule has 0 atom stereocenters. The fourth-order valence-electron chi connectivity index (χ4n) is 1.42. The zero-order valence-electron chi connectivity index (χ0n) is 9.75. The molecule has 1 aromatic rings. The average molecular weight is 306 g/mol. The molecule has 12 heteroatoms. The molecule has 108 valence electrons. The van der Waals surface area contributed by atoms with Crippen LogP contribution in [0.15, 0.2) is 12.1 Å². The zero-order chi connectivity index (χ0) is 15.7. The van der Waals surface area contributed by atoms with E-state index in [1.165, 1.54) is 0 Å². The first-order chi connectivity index (χ1) is 9.09. The second kappa shape index (κ2) is 5.33. The summed E-state index contributed by atoms with van der Waals surface area (Å²) >= 11 is 0. The van der Waals surface area contributed by atoms with Gasteiger partial charge >= 0.3 is 13.6 Å². The summed E-state index contributed by atoms with van der Waals surface area (Å²) in [4.78, 5) is 48.4. The van der Waals surface area contributed by atoms with Gasteiger partial charge in [-0.15, -0.1) is 0 Å². The Labute approximate surface area is 110 Å². The normalized spacial score (nSPS) is 10.9. The van der Waals surface area contributed by atoms with Crippen molar-refractivity contribution in [3.05, 3.63) is 37.9 Å². The van der Waals surface area contributed by atoms with Crippen LogP contribution in [0, 0.1) is 20.2 Å². The molecule has 0 aliphatic carbocycles. The first kappa shape index (κ1) is 15.7. The highest BCUT2D eigenvalue weighted by molar-refractivity contribution is 7.61. The monoisotopic (exact) mass is 306 g/mol. The molecular weight excluding hydrogens is 299 g/mol. The molecule has 2 N–H and O–H groups in total. The number of nitro benzene ring substituents is 2. The molecule has 0 aromatic heterocycles. The minimum absolute atomic E-state index is 0.507. The number of nitrogens with zero attached hydrogens (tertiary/aromatic N) is 2. The van der Waals surface area contributed by atoms with Crippen molar-refractivity contribution in [1.29, 1.82) is 0 Å². The van der Waals surface area contributed by atoms with Gasteiger partial charge < -0.3 is 14.5 Å². The Balaban J connectivity index is 3.82. The van der Waals surface area contributed by atoms with Crippen LogP contribution in [-0.4, -0.2) is 32.7 Å². The third-order valence-electron chi connectivity index (χ3n) is 2.18. The standard InChI is InChI=1S/C8H7N2O9P/c1-19-8(11)4-2-5(9(12)13)7(20(16,17)18)6(3-4)10(14)15/h2-3H,1H3,(H2,16,17,18). The van der Waals surface area contributed by atoms with Crippen molar-refractivity contribution < 1.29 is 33.7 Å². The predicted molar refractivity (Wildman–Crippen MR) is 62.8 cm³/mol. The second-order valence-corrected chi connectivity index (χ2v) is 4.95. The van der Waals surface area contributed by atoms with Crippen LogP contribution in [0.25, 0.3) is 0 Å². The minimum Gasteiger partial charge on any atom is -0.465 e. The summed E-state index contributed by atoms with van der Waals surface area (Å²) in [5.41, 5.74) is -3.02. The van der Waals surface area contributed by atoms with Gasteiger partial charge in [-0.1, -0.05) is 0 Å². The van der Waals surface area contributed by atoms with Gasteiger partial charge in [-0.25, -0.2) is 4.79 Å². The Kier molecular flexibility index (Phi) is 4.18. The molecule has 11 nitrogen and oxygen atoms in total. The highest BCUT2D eigenvalue weighted by atomic mass is 31.2. The lowest BCUT2D eigenvalue weighted by molar-refractivity contribution is -0.391. The van der Waals surface area contributed by atoms with Gasteiger partial charge in [0.2, 0.25) is 5.30 Å². The van der Waals surface area contributed by atoms with Gasteiger partial charge in [0.25, 0.3) is 11.4 Å². The highest BCUT2D eigenvalue weighted by Crippen LogP contribution is 2.41. The SMILES string of the molecule is COC(=O)c1cc([N+](=O)[O-])c(P(=O)(O)O)c([N+](=O)[O-])c1. The van der Waals surface area contributed by atoms with Crippen LogP contribution in [0.3, 0.4) is 0 Å². The van der Waals surface area contributed by atoms with Crippen LogP contribution >= 0.6 is 7.60 Å². The maximum absolute atomic E-state index is 11.3. The lowest BCUT2D eigenvalue weighted by atomic mass is 10.1. The average Bonchev–Trinajstić information content (AvgIpc) is 2.34. The summed E-state index contributed by atoms with van der Waals surface area (Å²) in [6.07, 6.45) is 0. The predicted octanol–water partition coefficient (Wildman–Crippen LogP) is 0.0926. The molecule has 0 unspecified atom stereocenters. The van der Waals surface area contributed by atoms with Gasteiger partial charge in [0.05, 0.1) is 22.5 Å². The summed E-state index contributed by atoms with van der Waals surface area (Å²) in [6, 6.07) is 1.01. The molecule has 0 bridgehead atoms. The Morgan fingerprint density at radius 1 is 1.20 bits per heavy atom. The topological polar surface area (TPSA) is 170 Å². The van der Waals surface area contributed by atoms with Crippen LogP contribution in [0.4, 0.5) is 11.4 Å². The second-order valence-electron chi connectivity index (χ2n) is 3.41. The molecule has 0 saturated carbocycles. The van der Waals surface area contributed by atoms with E-state index in [1.54, 1.807) is 0 Å². The third kappa shape index (κ3) is 2.96. The van der Waals surface area contributed by atoms with Gasteiger partial charge in [-0.05, 0) is 0 Å². The fraction of sp³-hybridized carbons (Fsp3) is 0.125. The van der Waals surface area contributed by atoms with Crippen LogP contribution in [0.1, 0.15) is 10.4 Å². The summed E-state index contributed by atoms with van der Waals surface area (Å²) in [5, 5.41) is 20.2. The Bertz CT molecular complexity index is 614. The van der Waals surface area contributed by atoms with Gasteiger partial charge in [-0.2, -0.15) is 0 Å². The first-order valence-corrected chi connectivity index (χ1v) is 6.32. The van der Waals surface area contributed by atoms with Gasteiger partial charge in [0.1, 0.15) is 0 Å². The summed E-state index contributed by atoms with van der Waals surface area (Å²) in [7, 11) is -4.35. The van der Waals surface area contributed by atoms with E-state index in [-0.39, 0.29) is 0 Å². The zero-order valence-corrected chi connectivity index (χ0v) is 10.6. The number of hydrogen-bond donors (Lipinski definition) is 2. The number of ether oxygens (including phenoxy) is 1. The van der Waals surface area contributed by atoms with E-state index in [4.69, 9.17) is 9.79 Å². The molecule has 0 aliphatic rings. The lowest BCUT2D eigenvalue weighted by Gasteiger charge is -2.07. The molecule has 0 saturated heterocycles. The molecule has 0 aliphatic heterocycles. The Morgan fingerprint density at radius 3 is 1.85 bits per heavy atom.